The van der Waals surface area contributed by atoms with E-state index in [9.17, 15) is 4.79 Å². The number of nitrogens with one attached hydrogen (secondary N) is 1. The van der Waals surface area contributed by atoms with Gasteiger partial charge in [-0.2, -0.15) is 0 Å². The molecule has 0 saturated carbocycles. The molecule has 1 aliphatic heterocycles. The fourth-order valence-corrected chi connectivity index (χ4v) is 2.81. The number of hydrogen-bond donors (Lipinski definition) is 1. The summed E-state index contributed by atoms with van der Waals surface area (Å²) in [6.45, 7) is 1.26. The van der Waals surface area contributed by atoms with E-state index in [2.05, 4.69) is 5.32 Å². The topological polar surface area (TPSA) is 55.7 Å². The van der Waals surface area contributed by atoms with E-state index in [1.165, 1.54) is 0 Å². The van der Waals surface area contributed by atoms with Crippen LogP contribution in [-0.2, 0) is 13.6 Å². The Morgan fingerprint density at radius 2 is 2.17 bits per heavy atom. The maximum Gasteiger partial charge on any atom is 0.317 e. The summed E-state index contributed by atoms with van der Waals surface area (Å²) in [7, 11) is 3.64. The van der Waals surface area contributed by atoms with Crippen molar-refractivity contribution in [1.29, 1.82) is 0 Å². The number of aromatic nitrogens is 1. The number of carbonyl (C=O) groups is 1. The molecule has 1 unspecified atom stereocenters. The van der Waals surface area contributed by atoms with Crippen LogP contribution in [0.25, 0.3) is 0 Å². The van der Waals surface area contributed by atoms with E-state index in [0.717, 1.165) is 11.4 Å². The maximum atomic E-state index is 12.2. The van der Waals surface area contributed by atoms with Crippen LogP contribution in [0.3, 0.4) is 0 Å². The number of benzene rings is 1. The second-order valence-electron chi connectivity index (χ2n) is 5.80. The Morgan fingerprint density at radius 3 is 2.88 bits per heavy atom. The molecule has 0 radical (unpaired) electrons. The fraction of sp³-hybridized carbons (Fsp3) is 0.353. The Bertz CT molecular complexity index is 732. The zero-order valence-corrected chi connectivity index (χ0v) is 14.4. The van der Waals surface area contributed by atoms with Gasteiger partial charge in [0.15, 0.2) is 17.6 Å². The molecule has 3 rings (SSSR count). The number of hydrogen-bond acceptors (Lipinski definition) is 3. The average Bonchev–Trinajstić information content (AvgIpc) is 2.89. The van der Waals surface area contributed by atoms with Crippen molar-refractivity contribution in [2.45, 2.75) is 12.6 Å². The molecular formula is C17H20ClN3O3. The van der Waals surface area contributed by atoms with Gasteiger partial charge < -0.3 is 24.3 Å². The standard InChI is InChI=1S/C17H20ClN3O3/c1-20-9-12(18)7-13(20)10-21(2)17(22)19-8-14-11-23-15-5-3-4-6-16(15)24-14/h3-7,9,14H,8,10-11H2,1-2H3,(H,19,22). The summed E-state index contributed by atoms with van der Waals surface area (Å²) >= 11 is 5.96. The highest BCUT2D eigenvalue weighted by Crippen LogP contribution is 2.30. The normalized spacial score (nSPS) is 15.9. The van der Waals surface area contributed by atoms with E-state index in [4.69, 9.17) is 21.1 Å². The van der Waals surface area contributed by atoms with E-state index in [1.54, 1.807) is 11.9 Å². The van der Waals surface area contributed by atoms with Gasteiger partial charge in [-0.05, 0) is 18.2 Å². The molecule has 1 aromatic carbocycles. The summed E-state index contributed by atoms with van der Waals surface area (Å²) in [4.78, 5) is 13.8. The maximum absolute atomic E-state index is 12.2. The van der Waals surface area contributed by atoms with Crippen molar-refractivity contribution in [3.63, 3.8) is 0 Å². The quantitative estimate of drug-likeness (QED) is 0.923. The molecule has 128 valence electrons. The predicted octanol–water partition coefficient (Wildman–Crippen LogP) is 2.66. The molecule has 1 N–H and O–H groups in total. The van der Waals surface area contributed by atoms with Gasteiger partial charge in [-0.1, -0.05) is 23.7 Å². The number of ether oxygens (including phenoxy) is 2. The summed E-state index contributed by atoms with van der Waals surface area (Å²) in [5.41, 5.74) is 0.962. The number of aryl methyl sites for hydroxylation is 1. The monoisotopic (exact) mass is 349 g/mol. The lowest BCUT2D eigenvalue weighted by Crippen LogP contribution is -2.45. The smallest absolute Gasteiger partial charge is 0.317 e. The van der Waals surface area contributed by atoms with Crippen LogP contribution in [-0.4, -0.2) is 41.8 Å². The number of rotatable bonds is 4. The number of fused-ring (bicyclic) bond motifs is 1. The lowest BCUT2D eigenvalue weighted by Gasteiger charge is -2.27. The van der Waals surface area contributed by atoms with Crippen LogP contribution in [0.5, 0.6) is 11.5 Å². The minimum atomic E-state index is -0.207. The highest BCUT2D eigenvalue weighted by Gasteiger charge is 2.21. The summed E-state index contributed by atoms with van der Waals surface area (Å²) in [6.07, 6.45) is 1.61. The van der Waals surface area contributed by atoms with Gasteiger partial charge in [0.25, 0.3) is 0 Å². The first-order valence-electron chi connectivity index (χ1n) is 7.71. The van der Waals surface area contributed by atoms with Gasteiger partial charge in [0.1, 0.15) is 6.61 Å². The number of halogens is 1. The van der Waals surface area contributed by atoms with E-state index in [-0.39, 0.29) is 12.1 Å². The van der Waals surface area contributed by atoms with Crippen LogP contribution in [0, 0.1) is 0 Å². The molecule has 2 heterocycles. The molecule has 24 heavy (non-hydrogen) atoms. The van der Waals surface area contributed by atoms with Gasteiger partial charge >= 0.3 is 6.03 Å². The lowest BCUT2D eigenvalue weighted by molar-refractivity contribution is 0.0904. The Morgan fingerprint density at radius 1 is 1.42 bits per heavy atom. The molecule has 6 nitrogen and oxygen atoms in total. The van der Waals surface area contributed by atoms with Gasteiger partial charge in [-0.3, -0.25) is 0 Å². The van der Waals surface area contributed by atoms with Gasteiger partial charge in [-0.15, -0.1) is 0 Å². The molecule has 0 saturated heterocycles. The SMILES string of the molecule is CN(Cc1cc(Cl)cn1C)C(=O)NCC1COc2ccccc2O1. The molecular weight excluding hydrogens is 330 g/mol. The molecule has 0 aliphatic carbocycles. The average molecular weight is 350 g/mol. The Kier molecular flexibility index (Phi) is 4.85. The van der Waals surface area contributed by atoms with Crippen LogP contribution in [0.2, 0.25) is 5.02 Å². The second kappa shape index (κ2) is 7.05. The van der Waals surface area contributed by atoms with Gasteiger partial charge in [0.05, 0.1) is 18.1 Å². The third-order valence-electron chi connectivity index (χ3n) is 3.87. The Hall–Kier alpha value is -2.34. The first-order chi connectivity index (χ1) is 11.5. The van der Waals surface area contributed by atoms with Crippen molar-refractivity contribution < 1.29 is 14.3 Å². The van der Waals surface area contributed by atoms with E-state index >= 15 is 0 Å². The largest absolute Gasteiger partial charge is 0.486 e. The first kappa shape index (κ1) is 16.5. The van der Waals surface area contributed by atoms with Crippen LogP contribution in [0.15, 0.2) is 36.5 Å². The summed E-state index contributed by atoms with van der Waals surface area (Å²) in [5, 5.41) is 3.53. The molecule has 2 aromatic rings. The lowest BCUT2D eigenvalue weighted by atomic mass is 10.2. The van der Waals surface area contributed by atoms with Crippen molar-refractivity contribution in [1.82, 2.24) is 14.8 Å². The van der Waals surface area contributed by atoms with Gasteiger partial charge in [0, 0.05) is 26.0 Å². The Balaban J connectivity index is 1.50. The molecule has 0 fully saturated rings. The number of amides is 2. The van der Waals surface area contributed by atoms with E-state index in [1.807, 2.05) is 48.1 Å². The van der Waals surface area contributed by atoms with Crippen molar-refractivity contribution in [2.24, 2.45) is 7.05 Å². The van der Waals surface area contributed by atoms with E-state index in [0.29, 0.717) is 30.5 Å². The summed E-state index contributed by atoms with van der Waals surface area (Å²) in [5.74, 6) is 1.44. The van der Waals surface area contributed by atoms with Crippen molar-refractivity contribution >= 4 is 17.6 Å². The molecule has 1 aliphatic rings. The minimum absolute atomic E-state index is 0.171. The Labute approximate surface area is 145 Å². The predicted molar refractivity (Wildman–Crippen MR) is 91.6 cm³/mol. The number of carbonyl (C=O) groups excluding carboxylic acids is 1. The van der Waals surface area contributed by atoms with Crippen LogP contribution in [0.4, 0.5) is 4.79 Å². The van der Waals surface area contributed by atoms with Crippen LogP contribution < -0.4 is 14.8 Å². The molecule has 7 heteroatoms. The zero-order valence-electron chi connectivity index (χ0n) is 13.7. The molecule has 0 bridgehead atoms. The minimum Gasteiger partial charge on any atom is -0.486 e. The van der Waals surface area contributed by atoms with E-state index < -0.39 is 0 Å². The highest BCUT2D eigenvalue weighted by molar-refractivity contribution is 6.30. The molecule has 1 atom stereocenters. The first-order valence-corrected chi connectivity index (χ1v) is 8.09. The molecule has 1 aromatic heterocycles. The third-order valence-corrected chi connectivity index (χ3v) is 4.08. The van der Waals surface area contributed by atoms with Crippen molar-refractivity contribution in [3.05, 3.63) is 47.2 Å². The van der Waals surface area contributed by atoms with Crippen molar-refractivity contribution in [2.75, 3.05) is 20.2 Å². The number of urea groups is 1. The van der Waals surface area contributed by atoms with Crippen molar-refractivity contribution in [3.8, 4) is 11.5 Å². The van der Waals surface area contributed by atoms with Crippen LogP contribution in [0.1, 0.15) is 5.69 Å². The third kappa shape index (κ3) is 3.76. The number of nitrogens with zero attached hydrogens (tertiary/aromatic N) is 2. The number of para-hydroxylation sites is 2. The second-order valence-corrected chi connectivity index (χ2v) is 6.24. The molecule has 2 amide bonds. The zero-order chi connectivity index (χ0) is 17.1. The van der Waals surface area contributed by atoms with Gasteiger partial charge in [0.2, 0.25) is 0 Å². The van der Waals surface area contributed by atoms with Gasteiger partial charge in [-0.25, -0.2) is 4.79 Å². The summed E-state index contributed by atoms with van der Waals surface area (Å²) < 4.78 is 13.4. The summed E-state index contributed by atoms with van der Waals surface area (Å²) in [6, 6.07) is 9.18. The highest BCUT2D eigenvalue weighted by atomic mass is 35.5. The fourth-order valence-electron chi connectivity index (χ4n) is 2.54. The van der Waals surface area contributed by atoms with Crippen LogP contribution >= 0.6 is 11.6 Å². The molecule has 0 spiro atoms.